The molecule has 0 amide bonds. The minimum atomic E-state index is 0.935. The Bertz CT molecular complexity index is 4970. The van der Waals surface area contributed by atoms with Crippen molar-refractivity contribution in [2.24, 2.45) is 0 Å². The van der Waals surface area contributed by atoms with Crippen LogP contribution in [0.3, 0.4) is 0 Å². The SMILES string of the molecule is C1=CCCC(n2c3ccc(-c4ccc5c(c4)-c4cc(-c6cc(C7=CC8=C(CC7)Cc7ccc(-c9ccccc9-c9ccccn9)cc78)cc7c6sc6ccccc67)ccc4C5)cc3c3cc(-c4ccccc4-c4ccccn4)ccc32)=C1.CC.CC. The molecule has 17 rings (SSSR count). The average Bonchev–Trinajstić information content (AvgIpc) is 1.91. The van der Waals surface area contributed by atoms with E-state index < -0.39 is 0 Å². The quantitative estimate of drug-likeness (QED) is 0.152. The molecule has 0 radical (unpaired) electrons. The monoisotopic (exact) mass is 1120 g/mol. The van der Waals surface area contributed by atoms with Gasteiger partial charge in [-0.25, -0.2) is 0 Å². The summed E-state index contributed by atoms with van der Waals surface area (Å²) in [5.41, 5.74) is 31.9. The summed E-state index contributed by atoms with van der Waals surface area (Å²) >= 11 is 1.93. The van der Waals surface area contributed by atoms with Gasteiger partial charge in [0, 0.05) is 65.7 Å². The van der Waals surface area contributed by atoms with Crippen molar-refractivity contribution in [1.29, 1.82) is 0 Å². The van der Waals surface area contributed by atoms with Crippen LogP contribution < -0.4 is 0 Å². The molecule has 9 aromatic carbocycles. The molecule has 0 spiro atoms. The standard InChI is InChI=1S/C78H53N3S.2C2H6/c1-2-14-59(15-3-1)81-75-34-32-49(42-70(75)71-45-56(33-35-76(71)81)61-17-5-7-19-63(61)74-22-11-13-37-80-74)48-24-26-51-38-54-29-31-57(44-68(54)65(51)40-48)69-46-58(47-72-64-20-8-9-23-77(64)82-78(69)72)50-25-27-52-39-53-28-30-55(43-67(53)66(52)41-50)60-16-4-6-18-62(60)73-21-10-12-36-79-73;2*1-2/h1-2,4-14,16-24,26,28-37,40-47H,3,15,25,27,38-39H2;2*1-2H3. The first-order valence-electron chi connectivity index (χ1n) is 30.9. The Labute approximate surface area is 508 Å². The van der Waals surface area contributed by atoms with Crippen LogP contribution >= 0.6 is 11.3 Å². The highest BCUT2D eigenvalue weighted by molar-refractivity contribution is 7.26. The number of nitrogens with zero attached hydrogens (tertiary/aromatic N) is 3. The minimum absolute atomic E-state index is 0.935. The fourth-order valence-corrected chi connectivity index (χ4v) is 15.2. The number of fused-ring (bicyclic) bond motifs is 11. The van der Waals surface area contributed by atoms with Crippen LogP contribution in [0.1, 0.15) is 81.2 Å². The van der Waals surface area contributed by atoms with Crippen molar-refractivity contribution in [1.82, 2.24) is 14.5 Å². The molecule has 4 aliphatic carbocycles. The van der Waals surface area contributed by atoms with E-state index in [0.717, 1.165) is 61.0 Å². The van der Waals surface area contributed by atoms with E-state index >= 15 is 0 Å². The highest BCUT2D eigenvalue weighted by atomic mass is 32.1. The van der Waals surface area contributed by atoms with Crippen molar-refractivity contribution in [3.8, 4) is 78.1 Å². The normalized spacial score (nSPS) is 13.8. The van der Waals surface area contributed by atoms with Crippen LogP contribution in [0, 0.1) is 0 Å². The Kier molecular flexibility index (Phi) is 13.8. The summed E-state index contributed by atoms with van der Waals surface area (Å²) in [5, 5.41) is 5.20. The van der Waals surface area contributed by atoms with E-state index in [1.807, 2.05) is 63.6 Å². The zero-order valence-electron chi connectivity index (χ0n) is 49.2. The highest BCUT2D eigenvalue weighted by Crippen LogP contribution is 2.50. The molecule has 3 nitrogen and oxygen atoms in total. The second-order valence-electron chi connectivity index (χ2n) is 22.6. The largest absolute Gasteiger partial charge is 0.313 e. The van der Waals surface area contributed by atoms with E-state index in [0.29, 0.717) is 0 Å². The summed E-state index contributed by atoms with van der Waals surface area (Å²) in [6.07, 6.45) is 19.2. The summed E-state index contributed by atoms with van der Waals surface area (Å²) in [4.78, 5) is 9.51. The molecule has 0 N–H and O–H groups in total. The smallest absolute Gasteiger partial charge is 0.0708 e. The number of benzene rings is 9. The molecule has 414 valence electrons. The van der Waals surface area contributed by atoms with E-state index in [2.05, 4.69) is 229 Å². The molecule has 86 heavy (non-hydrogen) atoms. The molecule has 4 heterocycles. The molecule has 4 aromatic heterocycles. The van der Waals surface area contributed by atoms with Crippen LogP contribution in [0.15, 0.2) is 255 Å². The van der Waals surface area contributed by atoms with Gasteiger partial charge in [0.2, 0.25) is 0 Å². The maximum atomic E-state index is 4.77. The third-order valence-electron chi connectivity index (χ3n) is 18.0. The maximum Gasteiger partial charge on any atom is 0.0708 e. The molecule has 0 saturated carbocycles. The fraction of sp³-hybridized carbons (Fsp3) is 0.122. The maximum absolute atomic E-state index is 4.77. The van der Waals surface area contributed by atoms with Gasteiger partial charge >= 0.3 is 0 Å². The number of thiophene rings is 1. The second-order valence-corrected chi connectivity index (χ2v) is 23.7. The van der Waals surface area contributed by atoms with Gasteiger partial charge in [-0.05, 0) is 219 Å². The van der Waals surface area contributed by atoms with Crippen molar-refractivity contribution >= 4 is 70.2 Å². The fourth-order valence-electron chi connectivity index (χ4n) is 14.0. The summed E-state index contributed by atoms with van der Waals surface area (Å²) in [7, 11) is 0. The molecule has 0 saturated heterocycles. The van der Waals surface area contributed by atoms with Gasteiger partial charge < -0.3 is 4.57 Å². The minimum Gasteiger partial charge on any atom is -0.313 e. The molecular weight excluding hydrogens is 1060 g/mol. The summed E-state index contributed by atoms with van der Waals surface area (Å²) in [6, 6.07) is 79.6. The van der Waals surface area contributed by atoms with Crippen LogP contribution in [-0.4, -0.2) is 14.5 Å². The Morgan fingerprint density at radius 1 is 0.395 bits per heavy atom. The lowest BCUT2D eigenvalue weighted by atomic mass is 9.86. The van der Waals surface area contributed by atoms with Gasteiger partial charge in [0.1, 0.15) is 0 Å². The van der Waals surface area contributed by atoms with Crippen molar-refractivity contribution in [2.45, 2.75) is 66.2 Å². The summed E-state index contributed by atoms with van der Waals surface area (Å²) < 4.78 is 5.19. The van der Waals surface area contributed by atoms with Crippen LogP contribution in [0.2, 0.25) is 0 Å². The number of aromatic nitrogens is 3. The molecule has 0 bridgehead atoms. The summed E-state index contributed by atoms with van der Waals surface area (Å²) in [5.74, 6) is 0. The van der Waals surface area contributed by atoms with E-state index in [1.165, 1.54) is 142 Å². The van der Waals surface area contributed by atoms with Crippen LogP contribution in [-0.2, 0) is 12.8 Å². The predicted molar refractivity (Wildman–Crippen MR) is 368 cm³/mol. The third kappa shape index (κ3) is 9.10. The molecule has 0 aliphatic heterocycles. The lowest BCUT2D eigenvalue weighted by molar-refractivity contribution is 0.948. The van der Waals surface area contributed by atoms with Gasteiger partial charge in [-0.2, -0.15) is 0 Å². The Morgan fingerprint density at radius 2 is 0.919 bits per heavy atom. The van der Waals surface area contributed by atoms with Crippen molar-refractivity contribution in [3.63, 3.8) is 0 Å². The van der Waals surface area contributed by atoms with Crippen LogP contribution in [0.25, 0.3) is 137 Å². The van der Waals surface area contributed by atoms with E-state index in [4.69, 9.17) is 9.97 Å². The number of rotatable bonds is 8. The van der Waals surface area contributed by atoms with Crippen molar-refractivity contribution < 1.29 is 0 Å². The molecule has 4 aliphatic rings. The number of hydrogen-bond donors (Lipinski definition) is 0. The Morgan fingerprint density at radius 3 is 1.58 bits per heavy atom. The van der Waals surface area contributed by atoms with Crippen LogP contribution in [0.5, 0.6) is 0 Å². The molecule has 13 aromatic rings. The second kappa shape index (κ2) is 22.4. The molecule has 4 heteroatoms. The van der Waals surface area contributed by atoms with E-state index in [-0.39, 0.29) is 0 Å². The predicted octanol–water partition coefficient (Wildman–Crippen LogP) is 23.0. The van der Waals surface area contributed by atoms with E-state index in [1.54, 1.807) is 5.57 Å². The van der Waals surface area contributed by atoms with Gasteiger partial charge in [0.25, 0.3) is 0 Å². The topological polar surface area (TPSA) is 30.7 Å². The van der Waals surface area contributed by atoms with Crippen molar-refractivity contribution in [3.05, 3.63) is 282 Å². The molecule has 0 fully saturated rings. The number of pyridine rings is 2. The highest BCUT2D eigenvalue weighted by Gasteiger charge is 2.28. The first kappa shape index (κ1) is 53.0. The Balaban J connectivity index is 0.00000153. The Hall–Kier alpha value is -9.74. The summed E-state index contributed by atoms with van der Waals surface area (Å²) in [6.45, 7) is 8.00. The average molecular weight is 1120 g/mol. The first-order chi connectivity index (χ1) is 42.6. The molecule has 0 atom stereocenters. The van der Waals surface area contributed by atoms with Gasteiger partial charge in [-0.3, -0.25) is 9.97 Å². The van der Waals surface area contributed by atoms with Crippen molar-refractivity contribution in [2.75, 3.05) is 0 Å². The van der Waals surface area contributed by atoms with E-state index in [9.17, 15) is 0 Å². The first-order valence-corrected chi connectivity index (χ1v) is 31.7. The molecule has 0 unspecified atom stereocenters. The zero-order chi connectivity index (χ0) is 57.8. The van der Waals surface area contributed by atoms with Gasteiger partial charge in [-0.15, -0.1) is 11.3 Å². The number of allylic oxidation sites excluding steroid dienone is 8. The van der Waals surface area contributed by atoms with Crippen LogP contribution in [0.4, 0.5) is 0 Å². The van der Waals surface area contributed by atoms with Gasteiger partial charge in [0.15, 0.2) is 0 Å². The number of hydrogen-bond acceptors (Lipinski definition) is 3. The zero-order valence-corrected chi connectivity index (χ0v) is 50.0. The van der Waals surface area contributed by atoms with Gasteiger partial charge in [-0.1, -0.05) is 179 Å². The van der Waals surface area contributed by atoms with Gasteiger partial charge in [0.05, 0.1) is 22.4 Å². The lowest BCUT2D eigenvalue weighted by Crippen LogP contribution is -1.98. The third-order valence-corrected chi connectivity index (χ3v) is 19.2. The molecular formula is C82H65N3S. The lowest BCUT2D eigenvalue weighted by Gasteiger charge is -2.18.